The van der Waals surface area contributed by atoms with Crippen LogP contribution >= 0.6 is 23.4 Å². The van der Waals surface area contributed by atoms with Crippen LogP contribution in [0.3, 0.4) is 0 Å². The maximum absolute atomic E-state index is 12.6. The topological polar surface area (TPSA) is 73.8 Å². The molecule has 1 unspecified atom stereocenters. The van der Waals surface area contributed by atoms with Crippen molar-refractivity contribution in [3.05, 3.63) is 76.6 Å². The van der Waals surface area contributed by atoms with Gasteiger partial charge in [0.2, 0.25) is 0 Å². The number of methoxy groups -OCH3 is 2. The Bertz CT molecular complexity index is 1540. The average Bonchev–Trinajstić information content (AvgIpc) is 3.22. The van der Waals surface area contributed by atoms with E-state index < -0.39 is 0 Å². The molecule has 1 aliphatic heterocycles. The van der Waals surface area contributed by atoms with Crippen LogP contribution < -0.4 is 9.64 Å². The Balaban J connectivity index is 1.15. The first-order valence-electron chi connectivity index (χ1n) is 16.8. The molecular weight excluding hydrogens is 618 g/mol. The lowest BCUT2D eigenvalue weighted by Gasteiger charge is -2.48. The molecule has 0 saturated heterocycles. The van der Waals surface area contributed by atoms with E-state index in [9.17, 15) is 4.79 Å². The molecule has 2 aromatic carbocycles. The van der Waals surface area contributed by atoms with Gasteiger partial charge in [0.15, 0.2) is 5.16 Å². The van der Waals surface area contributed by atoms with Crippen molar-refractivity contribution in [1.29, 1.82) is 0 Å². The number of fused-ring (bicyclic) bond motifs is 3. The van der Waals surface area contributed by atoms with Crippen LogP contribution in [0, 0.1) is 17.8 Å². The van der Waals surface area contributed by atoms with Gasteiger partial charge in [-0.1, -0.05) is 35.9 Å². The molecule has 0 bridgehead atoms. The zero-order valence-corrected chi connectivity index (χ0v) is 28.4. The molecule has 1 spiro atoms. The number of aryl methyl sites for hydroxylation is 1. The summed E-state index contributed by atoms with van der Waals surface area (Å²) in [5.74, 6) is 2.02. The number of hydrogen-bond acceptors (Lipinski definition) is 8. The zero-order chi connectivity index (χ0) is 31.7. The number of hydrogen-bond donors (Lipinski definition) is 0. The van der Waals surface area contributed by atoms with Crippen LogP contribution in [0.1, 0.15) is 72.9 Å². The van der Waals surface area contributed by atoms with Crippen molar-refractivity contribution in [2.24, 2.45) is 17.8 Å². The predicted octanol–water partition coefficient (Wildman–Crippen LogP) is 7.78. The third kappa shape index (κ3) is 6.37. The molecule has 3 aliphatic carbocycles. The van der Waals surface area contributed by atoms with Gasteiger partial charge in [-0.15, -0.1) is 0 Å². The summed E-state index contributed by atoms with van der Waals surface area (Å²) >= 11 is 8.29. The third-order valence-electron chi connectivity index (χ3n) is 11.0. The molecule has 0 radical (unpaired) electrons. The molecule has 7 nitrogen and oxygen atoms in total. The minimum atomic E-state index is -0.328. The van der Waals surface area contributed by atoms with E-state index in [-0.39, 0.29) is 17.5 Å². The van der Waals surface area contributed by atoms with Gasteiger partial charge in [-0.05, 0) is 117 Å². The average molecular weight is 662 g/mol. The fraction of sp³-hybridized carbons (Fsp3) is 0.541. The van der Waals surface area contributed by atoms with Crippen molar-refractivity contribution < 1.29 is 19.0 Å². The number of nitrogens with zero attached hydrogens (tertiary/aromatic N) is 3. The highest BCUT2D eigenvalue weighted by Gasteiger charge is 2.46. The maximum Gasteiger partial charge on any atom is 0.337 e. The zero-order valence-electron chi connectivity index (χ0n) is 26.8. The molecule has 46 heavy (non-hydrogen) atoms. The lowest BCUT2D eigenvalue weighted by atomic mass is 9.65. The first kappa shape index (κ1) is 31.8. The Kier molecular flexibility index (Phi) is 9.49. The van der Waals surface area contributed by atoms with Gasteiger partial charge in [0.1, 0.15) is 5.75 Å². The van der Waals surface area contributed by atoms with Gasteiger partial charge < -0.3 is 19.1 Å². The minimum absolute atomic E-state index is 0.157. The summed E-state index contributed by atoms with van der Waals surface area (Å²) in [6, 6.07) is 14.0. The van der Waals surface area contributed by atoms with Crippen LogP contribution in [0.2, 0.25) is 5.02 Å². The molecular formula is C37H44ClN3O4S. The molecule has 2 heterocycles. The highest BCUT2D eigenvalue weighted by Crippen LogP contribution is 2.49. The first-order chi connectivity index (χ1) is 22.5. The molecule has 0 amide bonds. The Morgan fingerprint density at radius 2 is 1.98 bits per heavy atom. The van der Waals surface area contributed by atoms with Crippen LogP contribution in [-0.2, 0) is 21.3 Å². The quantitative estimate of drug-likeness (QED) is 0.179. The van der Waals surface area contributed by atoms with E-state index in [0.29, 0.717) is 35.2 Å². The van der Waals surface area contributed by atoms with Gasteiger partial charge in [0.25, 0.3) is 0 Å². The Morgan fingerprint density at radius 1 is 1.11 bits per heavy atom. The number of esters is 1. The Morgan fingerprint density at radius 3 is 2.76 bits per heavy atom. The van der Waals surface area contributed by atoms with Crippen molar-refractivity contribution in [3.8, 4) is 5.75 Å². The van der Waals surface area contributed by atoms with E-state index in [4.69, 9.17) is 25.8 Å². The number of benzene rings is 2. The fourth-order valence-electron chi connectivity index (χ4n) is 8.69. The summed E-state index contributed by atoms with van der Waals surface area (Å²) in [7, 11) is 3.35. The standard InChI is InChI=1S/C37H44ClN3O4S/c1-43-34(25-6-3-8-29(19-25)46-36-39-16-5-17-40-36)30-12-9-27(30)21-41-22-37(15-4-7-24-18-28(38)11-13-31(24)37)23-45-33-14-10-26(20-32(33)41)35(42)44-2/h5,10-11,13-14,16-18,20,25,27,29-30,34H,3-4,6-9,12,15,19,21-23H2,1-2H3/t25-,27-,29+,30+,34-,37?/m0/s1. The number of aromatic nitrogens is 2. The largest absolute Gasteiger partial charge is 0.490 e. The van der Waals surface area contributed by atoms with Crippen molar-refractivity contribution in [1.82, 2.24) is 9.97 Å². The van der Waals surface area contributed by atoms with Crippen molar-refractivity contribution in [3.63, 3.8) is 0 Å². The molecule has 3 aromatic rings. The molecule has 7 rings (SSSR count). The van der Waals surface area contributed by atoms with Crippen LogP contribution in [0.5, 0.6) is 5.75 Å². The number of carbonyl (C=O) groups is 1. The van der Waals surface area contributed by atoms with Crippen LogP contribution in [0.4, 0.5) is 5.69 Å². The number of anilines is 1. The van der Waals surface area contributed by atoms with E-state index in [0.717, 1.165) is 60.4 Å². The van der Waals surface area contributed by atoms with Crippen LogP contribution in [-0.4, -0.2) is 61.2 Å². The van der Waals surface area contributed by atoms with Crippen molar-refractivity contribution in [2.75, 3.05) is 38.8 Å². The Labute approximate surface area is 281 Å². The first-order valence-corrected chi connectivity index (χ1v) is 18.1. The van der Waals surface area contributed by atoms with E-state index in [1.54, 1.807) is 0 Å². The number of ether oxygens (including phenoxy) is 3. The number of halogens is 1. The lowest BCUT2D eigenvalue weighted by Crippen LogP contribution is -2.51. The van der Waals surface area contributed by atoms with Gasteiger partial charge in [-0.3, -0.25) is 0 Å². The van der Waals surface area contributed by atoms with Gasteiger partial charge >= 0.3 is 5.97 Å². The smallest absolute Gasteiger partial charge is 0.337 e. The summed E-state index contributed by atoms with van der Waals surface area (Å²) in [4.78, 5) is 24.1. The van der Waals surface area contributed by atoms with Gasteiger partial charge in [0.05, 0.1) is 31.1 Å². The SMILES string of the molecule is COC(=O)c1ccc2c(c1)N(C[C@@H]1CC[C@H]1[C@@H](OC)[C@H]1CCC[C@@H](Sc3ncccn3)C1)CC1(CCCc3cc(Cl)ccc31)CO2. The second-order valence-electron chi connectivity index (χ2n) is 13.7. The van der Waals surface area contributed by atoms with Gasteiger partial charge in [-0.2, -0.15) is 0 Å². The predicted molar refractivity (Wildman–Crippen MR) is 182 cm³/mol. The monoisotopic (exact) mass is 661 g/mol. The highest BCUT2D eigenvalue weighted by molar-refractivity contribution is 7.99. The minimum Gasteiger partial charge on any atom is -0.490 e. The van der Waals surface area contributed by atoms with Crippen LogP contribution in [0.15, 0.2) is 60.0 Å². The summed E-state index contributed by atoms with van der Waals surface area (Å²) in [5, 5.41) is 2.18. The maximum atomic E-state index is 12.6. The highest BCUT2D eigenvalue weighted by atomic mass is 35.5. The second kappa shape index (κ2) is 13.7. The number of rotatable bonds is 8. The van der Waals surface area contributed by atoms with Gasteiger partial charge in [0, 0.05) is 48.3 Å². The molecule has 1 aromatic heterocycles. The summed E-state index contributed by atoms with van der Waals surface area (Å²) < 4.78 is 18.1. The van der Waals surface area contributed by atoms with Crippen molar-refractivity contribution >= 4 is 35.0 Å². The molecule has 0 N–H and O–H groups in total. The Hall–Kier alpha value is -2.81. The van der Waals surface area contributed by atoms with Gasteiger partial charge in [-0.25, -0.2) is 14.8 Å². The van der Waals surface area contributed by atoms with E-state index in [1.165, 1.54) is 50.3 Å². The van der Waals surface area contributed by atoms with E-state index in [1.807, 2.05) is 61.6 Å². The fourth-order valence-corrected chi connectivity index (χ4v) is 10.1. The normalized spacial score (nSPS) is 27.8. The van der Waals surface area contributed by atoms with Crippen molar-refractivity contribution in [2.45, 2.75) is 79.7 Å². The molecule has 6 atom stereocenters. The molecule has 244 valence electrons. The molecule has 2 saturated carbocycles. The molecule has 4 aliphatic rings. The van der Waals surface area contributed by atoms with E-state index in [2.05, 4.69) is 27.0 Å². The lowest BCUT2D eigenvalue weighted by molar-refractivity contribution is -0.0587. The third-order valence-corrected chi connectivity index (χ3v) is 12.4. The number of carbonyl (C=O) groups excluding carboxylic acids is 1. The molecule has 2 fully saturated rings. The summed E-state index contributed by atoms with van der Waals surface area (Å²) in [6.45, 7) is 2.34. The number of thioether (sulfide) groups is 1. The van der Waals surface area contributed by atoms with E-state index >= 15 is 0 Å². The van der Waals surface area contributed by atoms with Crippen LogP contribution in [0.25, 0.3) is 0 Å². The molecule has 9 heteroatoms. The summed E-state index contributed by atoms with van der Waals surface area (Å²) in [5.41, 5.74) is 4.06. The second-order valence-corrected chi connectivity index (χ2v) is 15.4. The summed E-state index contributed by atoms with van der Waals surface area (Å²) in [6.07, 6.45) is 14.2.